The molecule has 0 atom stereocenters. The predicted octanol–water partition coefficient (Wildman–Crippen LogP) is 5.52. The normalized spacial score (nSPS) is 14.5. The topological polar surface area (TPSA) is 69.4 Å². The van der Waals surface area contributed by atoms with E-state index in [1.807, 2.05) is 17.5 Å². The summed E-state index contributed by atoms with van der Waals surface area (Å²) in [6, 6.07) is 15.2. The number of H-pyrrole nitrogens is 2. The zero-order chi connectivity index (χ0) is 20.1. The molecule has 0 spiro atoms. The third kappa shape index (κ3) is 2.88. The SMILES string of the molecule is Cc1ccc(-c2ccnc3[nH]c(-c4n[nH]c5ccc(C6=CCNCC6)cc45)cc23)s1. The molecule has 1 aromatic carbocycles. The second-order valence-electron chi connectivity index (χ2n) is 7.73. The van der Waals surface area contributed by atoms with Crippen molar-refractivity contribution < 1.29 is 0 Å². The highest BCUT2D eigenvalue weighted by Gasteiger charge is 2.16. The van der Waals surface area contributed by atoms with E-state index in [-0.39, 0.29) is 0 Å². The average Bonchev–Trinajstić information content (AvgIpc) is 3.51. The van der Waals surface area contributed by atoms with Gasteiger partial charge in [-0.05, 0) is 67.4 Å². The van der Waals surface area contributed by atoms with Crippen molar-refractivity contribution in [2.75, 3.05) is 13.1 Å². The maximum absolute atomic E-state index is 4.64. The monoisotopic (exact) mass is 411 g/mol. The number of aryl methyl sites for hydroxylation is 1. The van der Waals surface area contributed by atoms with Crippen molar-refractivity contribution in [2.24, 2.45) is 0 Å². The lowest BCUT2D eigenvalue weighted by molar-refractivity contribution is 0.739. The van der Waals surface area contributed by atoms with Crippen LogP contribution in [-0.4, -0.2) is 33.3 Å². The number of aromatic amines is 2. The van der Waals surface area contributed by atoms with Crippen LogP contribution in [-0.2, 0) is 0 Å². The Balaban J connectivity index is 1.49. The van der Waals surface area contributed by atoms with Crippen LogP contribution in [0.3, 0.4) is 0 Å². The Hall–Kier alpha value is -3.22. The molecule has 5 nitrogen and oxygen atoms in total. The van der Waals surface area contributed by atoms with Gasteiger partial charge in [-0.2, -0.15) is 5.10 Å². The number of nitrogens with one attached hydrogen (secondary N) is 3. The van der Waals surface area contributed by atoms with Crippen molar-refractivity contribution in [3.63, 3.8) is 0 Å². The van der Waals surface area contributed by atoms with Gasteiger partial charge in [-0.25, -0.2) is 4.98 Å². The zero-order valence-corrected chi connectivity index (χ0v) is 17.4. The Kier molecular flexibility index (Phi) is 4.07. The molecule has 0 bridgehead atoms. The average molecular weight is 412 g/mol. The number of rotatable bonds is 3. The van der Waals surface area contributed by atoms with Crippen LogP contribution in [0.1, 0.15) is 16.9 Å². The van der Waals surface area contributed by atoms with E-state index in [9.17, 15) is 0 Å². The lowest BCUT2D eigenvalue weighted by Crippen LogP contribution is -2.19. The van der Waals surface area contributed by atoms with Crippen LogP contribution in [0.2, 0.25) is 0 Å². The zero-order valence-electron chi connectivity index (χ0n) is 16.6. The van der Waals surface area contributed by atoms with Gasteiger partial charge in [0.15, 0.2) is 0 Å². The summed E-state index contributed by atoms with van der Waals surface area (Å²) in [5.41, 5.74) is 7.74. The second kappa shape index (κ2) is 6.93. The van der Waals surface area contributed by atoms with Gasteiger partial charge in [0.05, 0.1) is 11.2 Å². The Labute approximate surface area is 177 Å². The van der Waals surface area contributed by atoms with E-state index in [0.29, 0.717) is 0 Å². The summed E-state index contributed by atoms with van der Waals surface area (Å²) >= 11 is 1.81. The van der Waals surface area contributed by atoms with Crippen molar-refractivity contribution in [1.82, 2.24) is 25.5 Å². The molecule has 4 aromatic heterocycles. The van der Waals surface area contributed by atoms with Crippen LogP contribution in [0, 0.1) is 6.92 Å². The number of hydrogen-bond acceptors (Lipinski definition) is 4. The van der Waals surface area contributed by atoms with Crippen LogP contribution in [0.25, 0.3) is 49.3 Å². The van der Waals surface area contributed by atoms with Crippen LogP contribution >= 0.6 is 11.3 Å². The minimum absolute atomic E-state index is 0.891. The molecule has 5 aromatic rings. The summed E-state index contributed by atoms with van der Waals surface area (Å²) in [5.74, 6) is 0. The Morgan fingerprint density at radius 1 is 1.03 bits per heavy atom. The van der Waals surface area contributed by atoms with E-state index in [2.05, 4.69) is 80.9 Å². The molecule has 148 valence electrons. The first-order valence-corrected chi connectivity index (χ1v) is 11.0. The molecule has 30 heavy (non-hydrogen) atoms. The number of thiophene rings is 1. The molecule has 6 rings (SSSR count). The van der Waals surface area contributed by atoms with Gasteiger partial charge < -0.3 is 10.3 Å². The summed E-state index contributed by atoms with van der Waals surface area (Å²) in [4.78, 5) is 10.6. The van der Waals surface area contributed by atoms with Gasteiger partial charge in [0.1, 0.15) is 11.3 Å². The van der Waals surface area contributed by atoms with Gasteiger partial charge in [-0.3, -0.25) is 5.10 Å². The fraction of sp³-hybridized carbons (Fsp3) is 0.167. The Bertz CT molecular complexity index is 1420. The molecule has 0 fully saturated rings. The number of fused-ring (bicyclic) bond motifs is 2. The smallest absolute Gasteiger partial charge is 0.138 e. The van der Waals surface area contributed by atoms with Crippen molar-refractivity contribution in [3.8, 4) is 21.8 Å². The van der Waals surface area contributed by atoms with E-state index >= 15 is 0 Å². The van der Waals surface area contributed by atoms with E-state index in [1.165, 1.54) is 26.5 Å². The fourth-order valence-corrected chi connectivity index (χ4v) is 5.16. The van der Waals surface area contributed by atoms with E-state index in [0.717, 1.165) is 52.8 Å². The van der Waals surface area contributed by atoms with E-state index in [4.69, 9.17) is 0 Å². The second-order valence-corrected chi connectivity index (χ2v) is 9.02. The van der Waals surface area contributed by atoms with Gasteiger partial charge in [0.2, 0.25) is 0 Å². The van der Waals surface area contributed by atoms with Crippen molar-refractivity contribution in [2.45, 2.75) is 13.3 Å². The standard InChI is InChI=1S/C24H21N5S/c1-14-2-5-22(30-14)17-8-11-26-24-18(17)13-21(27-24)23-19-12-16(3-4-20(19)28-29-23)15-6-9-25-10-7-15/h2-6,8,11-13,25H,7,9-10H2,1H3,(H,26,27)(H,28,29). The van der Waals surface area contributed by atoms with Crippen LogP contribution in [0.15, 0.2) is 54.7 Å². The molecular formula is C24H21N5S. The largest absolute Gasteiger partial charge is 0.338 e. The van der Waals surface area contributed by atoms with Gasteiger partial charge >= 0.3 is 0 Å². The molecular weight excluding hydrogens is 390 g/mol. The fourth-order valence-electron chi connectivity index (χ4n) is 4.25. The summed E-state index contributed by atoms with van der Waals surface area (Å²) < 4.78 is 0. The summed E-state index contributed by atoms with van der Waals surface area (Å²) in [6.45, 7) is 4.10. The number of nitrogens with zero attached hydrogens (tertiary/aromatic N) is 2. The minimum Gasteiger partial charge on any atom is -0.338 e. The van der Waals surface area contributed by atoms with Crippen molar-refractivity contribution in [1.29, 1.82) is 0 Å². The number of hydrogen-bond donors (Lipinski definition) is 3. The van der Waals surface area contributed by atoms with Gasteiger partial charge in [0, 0.05) is 38.8 Å². The van der Waals surface area contributed by atoms with Crippen molar-refractivity contribution >= 4 is 38.8 Å². The molecule has 0 radical (unpaired) electrons. The van der Waals surface area contributed by atoms with E-state index < -0.39 is 0 Å². The first-order valence-electron chi connectivity index (χ1n) is 10.2. The van der Waals surface area contributed by atoms with Crippen molar-refractivity contribution in [3.05, 3.63) is 65.2 Å². The van der Waals surface area contributed by atoms with Gasteiger partial charge in [0.25, 0.3) is 0 Å². The first kappa shape index (κ1) is 17.6. The number of benzene rings is 1. The summed E-state index contributed by atoms with van der Waals surface area (Å²) in [7, 11) is 0. The quantitative estimate of drug-likeness (QED) is 0.366. The number of pyridine rings is 1. The minimum atomic E-state index is 0.891. The third-order valence-corrected chi connectivity index (χ3v) is 6.82. The summed E-state index contributed by atoms with van der Waals surface area (Å²) in [6.07, 6.45) is 5.21. The molecule has 0 amide bonds. The maximum atomic E-state index is 4.64. The lowest BCUT2D eigenvalue weighted by Gasteiger charge is -2.14. The lowest BCUT2D eigenvalue weighted by atomic mass is 9.98. The molecule has 0 saturated carbocycles. The van der Waals surface area contributed by atoms with Crippen LogP contribution in [0.5, 0.6) is 0 Å². The summed E-state index contributed by atoms with van der Waals surface area (Å²) in [5, 5.41) is 13.5. The molecule has 6 heteroatoms. The highest BCUT2D eigenvalue weighted by molar-refractivity contribution is 7.15. The highest BCUT2D eigenvalue weighted by Crippen LogP contribution is 2.36. The molecule has 0 saturated heterocycles. The molecule has 1 aliphatic rings. The molecule has 3 N–H and O–H groups in total. The van der Waals surface area contributed by atoms with Gasteiger partial charge in [-0.1, -0.05) is 12.1 Å². The number of aromatic nitrogens is 4. The van der Waals surface area contributed by atoms with E-state index in [1.54, 1.807) is 0 Å². The molecule has 1 aliphatic heterocycles. The Morgan fingerprint density at radius 3 is 2.83 bits per heavy atom. The maximum Gasteiger partial charge on any atom is 0.138 e. The molecule has 0 aliphatic carbocycles. The highest BCUT2D eigenvalue weighted by atomic mass is 32.1. The van der Waals surface area contributed by atoms with Crippen LogP contribution < -0.4 is 5.32 Å². The predicted molar refractivity (Wildman–Crippen MR) is 125 cm³/mol. The first-order chi connectivity index (χ1) is 14.8. The molecule has 0 unspecified atom stereocenters. The Morgan fingerprint density at radius 2 is 2.00 bits per heavy atom. The third-order valence-electron chi connectivity index (χ3n) is 5.79. The van der Waals surface area contributed by atoms with Crippen LogP contribution in [0.4, 0.5) is 0 Å². The van der Waals surface area contributed by atoms with Gasteiger partial charge in [-0.15, -0.1) is 11.3 Å². The molecule has 5 heterocycles.